The summed E-state index contributed by atoms with van der Waals surface area (Å²) in [6.45, 7) is 22.6. The average molecular weight is 939 g/mol. The van der Waals surface area contributed by atoms with Crippen molar-refractivity contribution in [3.05, 3.63) is 46.6 Å². The van der Waals surface area contributed by atoms with E-state index in [1.165, 1.54) is 29.2 Å². The summed E-state index contributed by atoms with van der Waals surface area (Å²) in [5.41, 5.74) is 0.0401. The van der Waals surface area contributed by atoms with Crippen molar-refractivity contribution in [2.75, 3.05) is 0 Å². The van der Waals surface area contributed by atoms with Crippen LogP contribution in [0.15, 0.2) is 46.6 Å². The van der Waals surface area contributed by atoms with Crippen molar-refractivity contribution in [2.24, 2.45) is 69.0 Å². The van der Waals surface area contributed by atoms with Gasteiger partial charge in [-0.2, -0.15) is 0 Å². The van der Waals surface area contributed by atoms with E-state index in [2.05, 4.69) is 52.0 Å². The molecule has 9 aliphatic rings. The van der Waals surface area contributed by atoms with E-state index in [0.29, 0.717) is 24.2 Å². The van der Waals surface area contributed by atoms with Crippen LogP contribution in [-0.2, 0) is 4.74 Å². The topological polar surface area (TPSA) is 212 Å². The first-order valence-electron chi connectivity index (χ1n) is 26.2. The number of aliphatic hydroxyl groups is 10. The van der Waals surface area contributed by atoms with Gasteiger partial charge in [-0.05, 0) is 164 Å². The van der Waals surface area contributed by atoms with E-state index in [4.69, 9.17) is 4.74 Å². The van der Waals surface area contributed by atoms with Crippen LogP contribution in [0.1, 0.15) is 160 Å². The molecule has 1 saturated heterocycles. The molecule has 67 heavy (non-hydrogen) atoms. The average Bonchev–Trinajstić information content (AvgIpc) is 3.81. The number of rotatable bonds is 8. The minimum absolute atomic E-state index is 0.0219. The molecule has 10 N–H and O–H groups in total. The van der Waals surface area contributed by atoms with Gasteiger partial charge in [-0.3, -0.25) is 0 Å². The predicted octanol–water partition coefficient (Wildman–Crippen LogP) is 6.44. The smallest absolute Gasteiger partial charge is 0.113 e. The van der Waals surface area contributed by atoms with E-state index < -0.39 is 76.1 Å². The van der Waals surface area contributed by atoms with Crippen molar-refractivity contribution in [2.45, 2.75) is 231 Å². The van der Waals surface area contributed by atoms with Crippen LogP contribution < -0.4 is 0 Å². The summed E-state index contributed by atoms with van der Waals surface area (Å²) < 4.78 is 6.47. The third-order valence-corrected chi connectivity index (χ3v) is 21.8. The molecule has 8 aliphatic carbocycles. The number of hydrogen-bond donors (Lipinski definition) is 10. The molecule has 0 aromatic rings. The minimum Gasteiger partial charge on any atom is -0.393 e. The van der Waals surface area contributed by atoms with Gasteiger partial charge in [0.1, 0.15) is 12.2 Å². The summed E-state index contributed by atoms with van der Waals surface area (Å²) in [5, 5.41) is 109. The molecule has 0 radical (unpaired) electrons. The third-order valence-electron chi connectivity index (χ3n) is 21.8. The molecule has 11 heteroatoms. The quantitative estimate of drug-likeness (QED) is 0.128. The van der Waals surface area contributed by atoms with Gasteiger partial charge in [-0.25, -0.2) is 0 Å². The number of aliphatic hydroxyl groups excluding tert-OH is 6. The Morgan fingerprint density at radius 1 is 0.612 bits per heavy atom. The van der Waals surface area contributed by atoms with Crippen molar-refractivity contribution in [1.29, 1.82) is 0 Å². The predicted molar refractivity (Wildman–Crippen MR) is 258 cm³/mol. The van der Waals surface area contributed by atoms with Gasteiger partial charge < -0.3 is 55.8 Å². The Hall–Kier alpha value is -1.48. The molecule has 0 amide bonds. The molecule has 1 aliphatic heterocycles. The highest BCUT2D eigenvalue weighted by molar-refractivity contribution is 5.41. The van der Waals surface area contributed by atoms with Crippen molar-refractivity contribution in [1.82, 2.24) is 0 Å². The molecule has 0 spiro atoms. The normalized spacial score (nSPS) is 47.7. The van der Waals surface area contributed by atoms with Gasteiger partial charge in [0.25, 0.3) is 0 Å². The van der Waals surface area contributed by atoms with E-state index in [-0.39, 0.29) is 46.4 Å². The van der Waals surface area contributed by atoms with Crippen LogP contribution in [0.25, 0.3) is 0 Å². The third kappa shape index (κ3) is 8.09. The SMILES string of the molecule is CC(C(O)C(O)C(C)(O)C1C(O)CC2C3=CC=C4CC(O)CCC4(C)C3CCC21C)C(C)(C)O.CC(C(O)C1OC2CC3C4=CC=C5CC(O)CCC5(C)C4CCC3(C)C2C1(C)O)C(C)(C)O. The first-order chi connectivity index (χ1) is 30.8. The maximum atomic E-state index is 11.9. The van der Waals surface area contributed by atoms with E-state index in [1.54, 1.807) is 34.6 Å². The highest BCUT2D eigenvalue weighted by Gasteiger charge is 2.70. The zero-order valence-corrected chi connectivity index (χ0v) is 42.9. The van der Waals surface area contributed by atoms with Crippen LogP contribution >= 0.6 is 0 Å². The molecule has 11 nitrogen and oxygen atoms in total. The Labute approximate surface area is 401 Å². The molecular weight excluding hydrogens is 849 g/mol. The zero-order chi connectivity index (χ0) is 49.6. The monoisotopic (exact) mass is 939 g/mol. The fraction of sp³-hybridized carbons (Fsp3) is 0.857. The van der Waals surface area contributed by atoms with Gasteiger partial charge in [-0.15, -0.1) is 0 Å². The van der Waals surface area contributed by atoms with Crippen molar-refractivity contribution in [3.8, 4) is 0 Å². The second-order valence-electron chi connectivity index (χ2n) is 26.5. The maximum absolute atomic E-state index is 11.9. The fourth-order valence-electron chi connectivity index (χ4n) is 17.0. The maximum Gasteiger partial charge on any atom is 0.113 e. The summed E-state index contributed by atoms with van der Waals surface area (Å²) in [6, 6.07) is 0. The number of fused-ring (bicyclic) bond motifs is 12. The lowest BCUT2D eigenvalue weighted by Gasteiger charge is -2.56. The van der Waals surface area contributed by atoms with Crippen molar-refractivity contribution in [3.63, 3.8) is 0 Å². The van der Waals surface area contributed by atoms with Gasteiger partial charge in [0.2, 0.25) is 0 Å². The highest BCUT2D eigenvalue weighted by atomic mass is 16.5. The molecule has 9 rings (SSSR count). The van der Waals surface area contributed by atoms with Gasteiger partial charge in [0, 0.05) is 23.7 Å². The van der Waals surface area contributed by atoms with E-state index >= 15 is 0 Å². The Morgan fingerprint density at radius 2 is 1.07 bits per heavy atom. The molecule has 0 aromatic carbocycles. The first-order valence-corrected chi connectivity index (χ1v) is 26.2. The lowest BCUT2D eigenvalue weighted by atomic mass is 9.49. The Bertz CT molecular complexity index is 2010. The number of ether oxygens (including phenoxy) is 1. The lowest BCUT2D eigenvalue weighted by Crippen LogP contribution is -2.61. The summed E-state index contributed by atoms with van der Waals surface area (Å²) in [4.78, 5) is 0. The molecule has 1 heterocycles. The van der Waals surface area contributed by atoms with Crippen LogP contribution in [0.3, 0.4) is 0 Å². The van der Waals surface area contributed by atoms with Gasteiger partial charge in [0.15, 0.2) is 0 Å². The number of allylic oxidation sites excluding steroid dienone is 6. The first kappa shape index (κ1) is 51.9. The molecule has 7 fully saturated rings. The Morgan fingerprint density at radius 3 is 1.55 bits per heavy atom. The van der Waals surface area contributed by atoms with E-state index in [0.717, 1.165) is 70.6 Å². The van der Waals surface area contributed by atoms with Crippen molar-refractivity contribution >= 4 is 0 Å². The van der Waals surface area contributed by atoms with Gasteiger partial charge >= 0.3 is 0 Å². The van der Waals surface area contributed by atoms with Crippen LogP contribution in [0.4, 0.5) is 0 Å². The van der Waals surface area contributed by atoms with E-state index in [1.807, 2.05) is 13.8 Å². The fourth-order valence-corrected chi connectivity index (χ4v) is 17.0. The standard InChI is InChI=1S/C28H46O6.C28H44O5/c1-15(25(2,3)33)22(31)24(32)28(6,34)23-21(30)14-20-18-8-7-16-13-17(29)9-11-26(16,4)19(18)10-12-27(20,23)5;1-15(25(2,3)31)22(30)24-28(6,32)23-21(33-24)14-20-18-8-7-16-13-17(29)9-11-26(16,4)19(18)10-12-27(20,23)5/h7-8,15,17,19-24,29-34H,9-14H2,1-6H3;7-8,15,17,19-24,29-32H,9-14H2,1-6H3. The van der Waals surface area contributed by atoms with Gasteiger partial charge in [0.05, 0.1) is 59.0 Å². The Balaban J connectivity index is 0.000000182. The second-order valence-corrected chi connectivity index (χ2v) is 26.5. The summed E-state index contributed by atoms with van der Waals surface area (Å²) in [7, 11) is 0. The highest BCUT2D eigenvalue weighted by Crippen LogP contribution is 2.70. The van der Waals surface area contributed by atoms with Crippen LogP contribution in [0.5, 0.6) is 0 Å². The minimum atomic E-state index is -1.73. The molecule has 22 atom stereocenters. The molecule has 0 bridgehead atoms. The van der Waals surface area contributed by atoms with E-state index in [9.17, 15) is 51.1 Å². The number of hydrogen-bond acceptors (Lipinski definition) is 11. The zero-order valence-electron chi connectivity index (χ0n) is 42.9. The summed E-state index contributed by atoms with van der Waals surface area (Å²) >= 11 is 0. The van der Waals surface area contributed by atoms with Crippen LogP contribution in [0.2, 0.25) is 0 Å². The lowest BCUT2D eigenvalue weighted by molar-refractivity contribution is -0.201. The molecule has 6 saturated carbocycles. The summed E-state index contributed by atoms with van der Waals surface area (Å²) in [5.74, 6) is -0.437. The molecule has 0 aromatic heterocycles. The summed E-state index contributed by atoms with van der Waals surface area (Å²) in [6.07, 6.45) is 13.6. The van der Waals surface area contributed by atoms with Crippen LogP contribution in [0, 0.1) is 69.0 Å². The van der Waals surface area contributed by atoms with Crippen LogP contribution in [-0.4, -0.2) is 122 Å². The van der Waals surface area contributed by atoms with Crippen molar-refractivity contribution < 1.29 is 55.8 Å². The second kappa shape index (κ2) is 17.1. The van der Waals surface area contributed by atoms with Gasteiger partial charge in [-0.1, -0.05) is 88.1 Å². The molecule has 380 valence electrons. The Kier molecular flexibility index (Phi) is 13.2. The molecular formula is C56H90O11. The molecule has 22 unspecified atom stereocenters. The largest absolute Gasteiger partial charge is 0.393 e.